The molecule has 0 aliphatic carbocycles. The van der Waals surface area contributed by atoms with Gasteiger partial charge < -0.3 is 19.9 Å². The molecule has 2 N–H and O–H groups in total. The summed E-state index contributed by atoms with van der Waals surface area (Å²) in [5.41, 5.74) is 0.134. The summed E-state index contributed by atoms with van der Waals surface area (Å²) < 4.78 is 10.6. The van der Waals surface area contributed by atoms with Gasteiger partial charge in [-0.3, -0.25) is 0 Å². The van der Waals surface area contributed by atoms with Crippen LogP contribution in [0.25, 0.3) is 0 Å². The number of unbranched alkanes of at least 4 members (excludes halogenated alkanes) is 9. The third-order valence-corrected chi connectivity index (χ3v) is 6.55. The highest BCUT2D eigenvalue weighted by Crippen LogP contribution is 2.21. The number of hydrogen-bond acceptors (Lipinski definition) is 6. The molecule has 0 aliphatic heterocycles. The van der Waals surface area contributed by atoms with Gasteiger partial charge >= 0.3 is 11.9 Å². The van der Waals surface area contributed by atoms with Gasteiger partial charge in [-0.2, -0.15) is 0 Å². The number of esters is 2. The Morgan fingerprint density at radius 1 is 0.769 bits per heavy atom. The molecular weight excluding hydrogens is 490 g/mol. The standard InChI is InChI=1S/C30H51NO4.C3H8O/c1-6-9-11-13-15-17-19-26(18-16-14-12-10-7-2)31-27-22-20-25(21-23-27)28(32)35-30(4,5)29(33)34-24-8-3;1-2-3-4/h20-23,26,31H,6-19,24H2,1-5H3;4H,2-3H2,1H3. The van der Waals surface area contributed by atoms with Crippen molar-refractivity contribution in [2.75, 3.05) is 18.5 Å². The smallest absolute Gasteiger partial charge is 0.350 e. The molecule has 1 atom stereocenters. The maximum absolute atomic E-state index is 12.6. The minimum Gasteiger partial charge on any atom is -0.463 e. The largest absolute Gasteiger partial charge is 0.463 e. The Bertz CT molecular complexity index is 730. The maximum Gasteiger partial charge on any atom is 0.350 e. The number of aliphatic hydroxyl groups excluding tert-OH is 1. The molecule has 0 aliphatic rings. The van der Waals surface area contributed by atoms with Gasteiger partial charge in [-0.25, -0.2) is 9.59 Å². The molecule has 1 unspecified atom stereocenters. The van der Waals surface area contributed by atoms with E-state index in [1.807, 2.05) is 26.0 Å². The van der Waals surface area contributed by atoms with Crippen LogP contribution in [0.15, 0.2) is 24.3 Å². The Kier molecular flexibility index (Phi) is 22.5. The van der Waals surface area contributed by atoms with Crippen LogP contribution in [0, 0.1) is 0 Å². The number of benzene rings is 1. The van der Waals surface area contributed by atoms with E-state index >= 15 is 0 Å². The minimum atomic E-state index is -1.32. The first-order chi connectivity index (χ1) is 18.7. The lowest BCUT2D eigenvalue weighted by atomic mass is 10.00. The molecule has 0 radical (unpaired) electrons. The molecular formula is C33H59NO5. The lowest BCUT2D eigenvalue weighted by molar-refractivity contribution is -0.162. The Morgan fingerprint density at radius 3 is 1.72 bits per heavy atom. The number of aliphatic hydroxyl groups is 1. The normalized spacial score (nSPS) is 11.8. The minimum absolute atomic E-state index is 0.318. The molecule has 226 valence electrons. The van der Waals surface area contributed by atoms with Gasteiger partial charge in [0.05, 0.1) is 12.2 Å². The number of anilines is 1. The van der Waals surface area contributed by atoms with Gasteiger partial charge in [-0.1, -0.05) is 98.3 Å². The highest BCUT2D eigenvalue weighted by atomic mass is 16.6. The van der Waals surface area contributed by atoms with Crippen LogP contribution in [-0.2, 0) is 14.3 Å². The van der Waals surface area contributed by atoms with Crippen molar-refractivity contribution in [3.05, 3.63) is 29.8 Å². The number of nitrogens with one attached hydrogen (secondary N) is 1. The summed E-state index contributed by atoms with van der Waals surface area (Å²) in [6.45, 7) is 12.1. The number of rotatable bonds is 21. The fraction of sp³-hybridized carbons (Fsp3) is 0.758. The van der Waals surface area contributed by atoms with E-state index < -0.39 is 17.5 Å². The van der Waals surface area contributed by atoms with Crippen molar-refractivity contribution >= 4 is 17.6 Å². The van der Waals surface area contributed by atoms with E-state index in [9.17, 15) is 9.59 Å². The van der Waals surface area contributed by atoms with Crippen molar-refractivity contribution in [2.24, 2.45) is 0 Å². The summed E-state index contributed by atoms with van der Waals surface area (Å²) in [4.78, 5) is 24.8. The Morgan fingerprint density at radius 2 is 1.26 bits per heavy atom. The molecule has 0 amide bonds. The molecule has 1 aromatic rings. The fourth-order valence-electron chi connectivity index (χ4n) is 4.09. The van der Waals surface area contributed by atoms with E-state index in [2.05, 4.69) is 19.2 Å². The lowest BCUT2D eigenvalue weighted by Crippen LogP contribution is -2.39. The number of hydrogen-bond donors (Lipinski definition) is 2. The summed E-state index contributed by atoms with van der Waals surface area (Å²) in [7, 11) is 0. The van der Waals surface area contributed by atoms with Crippen LogP contribution in [0.4, 0.5) is 5.69 Å². The SMILES string of the molecule is CCCCCCCCC(CCCCCCC)Nc1ccc(C(=O)OC(C)(C)C(=O)OCCC)cc1.CCCO. The van der Waals surface area contributed by atoms with E-state index in [0.29, 0.717) is 24.8 Å². The van der Waals surface area contributed by atoms with Crippen molar-refractivity contribution in [1.82, 2.24) is 0 Å². The molecule has 0 saturated heterocycles. The molecule has 0 heterocycles. The molecule has 6 nitrogen and oxygen atoms in total. The zero-order valence-corrected chi connectivity index (χ0v) is 26.0. The highest BCUT2D eigenvalue weighted by Gasteiger charge is 2.34. The number of carbonyl (C=O) groups is 2. The molecule has 0 saturated carbocycles. The lowest BCUT2D eigenvalue weighted by Gasteiger charge is -2.23. The van der Waals surface area contributed by atoms with Crippen molar-refractivity contribution in [1.29, 1.82) is 0 Å². The zero-order chi connectivity index (χ0) is 29.4. The molecule has 0 aromatic heterocycles. The van der Waals surface area contributed by atoms with Crippen LogP contribution in [0.3, 0.4) is 0 Å². The van der Waals surface area contributed by atoms with Crippen molar-refractivity contribution < 1.29 is 24.2 Å². The molecule has 1 aromatic carbocycles. The zero-order valence-electron chi connectivity index (χ0n) is 26.0. The second-order valence-electron chi connectivity index (χ2n) is 10.9. The van der Waals surface area contributed by atoms with Crippen LogP contribution in [0.2, 0.25) is 0 Å². The third kappa shape index (κ3) is 18.8. The van der Waals surface area contributed by atoms with Crippen LogP contribution < -0.4 is 5.32 Å². The van der Waals surface area contributed by atoms with E-state index in [1.54, 1.807) is 26.0 Å². The van der Waals surface area contributed by atoms with Gasteiger partial charge in [0, 0.05) is 18.3 Å². The average molecular weight is 550 g/mol. The Labute approximate surface area is 239 Å². The monoisotopic (exact) mass is 549 g/mol. The van der Waals surface area contributed by atoms with Gasteiger partial charge in [-0.15, -0.1) is 0 Å². The van der Waals surface area contributed by atoms with Gasteiger partial charge in [-0.05, 0) is 63.8 Å². The van der Waals surface area contributed by atoms with Crippen LogP contribution in [-0.4, -0.2) is 41.9 Å². The van der Waals surface area contributed by atoms with E-state index in [1.165, 1.54) is 83.5 Å². The molecule has 39 heavy (non-hydrogen) atoms. The first-order valence-corrected chi connectivity index (χ1v) is 15.6. The van der Waals surface area contributed by atoms with Crippen molar-refractivity contribution in [3.8, 4) is 0 Å². The maximum atomic E-state index is 12.6. The number of ether oxygens (including phenoxy) is 2. The van der Waals surface area contributed by atoms with Gasteiger partial charge in [0.25, 0.3) is 0 Å². The summed E-state index contributed by atoms with van der Waals surface area (Å²) in [6.07, 6.45) is 18.3. The summed E-state index contributed by atoms with van der Waals surface area (Å²) in [5.74, 6) is -1.04. The van der Waals surface area contributed by atoms with Crippen LogP contribution >= 0.6 is 0 Å². The Hall–Kier alpha value is -2.08. The molecule has 0 spiro atoms. The predicted molar refractivity (Wildman–Crippen MR) is 163 cm³/mol. The predicted octanol–water partition coefficient (Wildman–Crippen LogP) is 8.86. The summed E-state index contributed by atoms with van der Waals surface area (Å²) in [5, 5.41) is 11.6. The second-order valence-corrected chi connectivity index (χ2v) is 10.9. The second kappa shape index (κ2) is 23.8. The van der Waals surface area contributed by atoms with Crippen molar-refractivity contribution in [2.45, 2.75) is 149 Å². The summed E-state index contributed by atoms with van der Waals surface area (Å²) in [6, 6.07) is 7.85. The van der Waals surface area contributed by atoms with Gasteiger partial charge in [0.1, 0.15) is 0 Å². The van der Waals surface area contributed by atoms with Crippen molar-refractivity contribution in [3.63, 3.8) is 0 Å². The van der Waals surface area contributed by atoms with Crippen LogP contribution in [0.5, 0.6) is 0 Å². The van der Waals surface area contributed by atoms with E-state index in [0.717, 1.165) is 18.5 Å². The Balaban J connectivity index is 0.00000336. The van der Waals surface area contributed by atoms with Gasteiger partial charge in [0.15, 0.2) is 0 Å². The first-order valence-electron chi connectivity index (χ1n) is 15.6. The molecule has 6 heteroatoms. The topological polar surface area (TPSA) is 84.9 Å². The van der Waals surface area contributed by atoms with E-state index in [4.69, 9.17) is 14.6 Å². The van der Waals surface area contributed by atoms with Crippen LogP contribution in [0.1, 0.15) is 148 Å². The van der Waals surface area contributed by atoms with Gasteiger partial charge in [0.2, 0.25) is 5.60 Å². The fourth-order valence-corrected chi connectivity index (χ4v) is 4.09. The third-order valence-electron chi connectivity index (χ3n) is 6.55. The highest BCUT2D eigenvalue weighted by molar-refractivity contribution is 5.92. The average Bonchev–Trinajstić information content (AvgIpc) is 2.93. The quantitative estimate of drug-likeness (QED) is 0.118. The first kappa shape index (κ1) is 36.9. The molecule has 0 bridgehead atoms. The number of carbonyl (C=O) groups excluding carboxylic acids is 2. The molecule has 1 rings (SSSR count). The molecule has 0 fully saturated rings. The summed E-state index contributed by atoms with van der Waals surface area (Å²) >= 11 is 0. The van der Waals surface area contributed by atoms with E-state index in [-0.39, 0.29) is 0 Å².